The van der Waals surface area contributed by atoms with E-state index in [0.29, 0.717) is 16.5 Å². The van der Waals surface area contributed by atoms with E-state index in [1.54, 1.807) is 10.7 Å². The van der Waals surface area contributed by atoms with Gasteiger partial charge in [0.1, 0.15) is 0 Å². The lowest BCUT2D eigenvalue weighted by atomic mass is 10.1. The minimum atomic E-state index is -0.215. The third kappa shape index (κ3) is 2.10. The van der Waals surface area contributed by atoms with Gasteiger partial charge in [-0.05, 0) is 43.3 Å². The van der Waals surface area contributed by atoms with Gasteiger partial charge in [-0.15, -0.1) is 5.10 Å². The molecule has 1 aromatic heterocycles. The van der Waals surface area contributed by atoms with Gasteiger partial charge in [-0.25, -0.2) is 4.68 Å². The molecule has 0 aliphatic carbocycles. The smallest absolute Gasteiger partial charge is 0.184 e. The standard InChI is InChI=1S/C11H14ClN5/c1-11(2,3)17-10(14-15-16-17)7-5-4-6-8(12)9(7)13/h4-6H,13H2,1-3H3. The van der Waals surface area contributed by atoms with E-state index in [4.69, 9.17) is 17.3 Å². The maximum absolute atomic E-state index is 5.99. The van der Waals surface area contributed by atoms with Crippen LogP contribution in [-0.2, 0) is 5.54 Å². The van der Waals surface area contributed by atoms with Gasteiger partial charge in [-0.3, -0.25) is 0 Å². The average molecular weight is 252 g/mol. The van der Waals surface area contributed by atoms with Crippen LogP contribution in [0.15, 0.2) is 18.2 Å². The summed E-state index contributed by atoms with van der Waals surface area (Å²) < 4.78 is 1.73. The summed E-state index contributed by atoms with van der Waals surface area (Å²) in [5, 5.41) is 12.2. The van der Waals surface area contributed by atoms with Crippen molar-refractivity contribution >= 4 is 17.3 Å². The SMILES string of the molecule is CC(C)(C)n1nnnc1-c1cccc(Cl)c1N. The van der Waals surface area contributed by atoms with Crippen LogP contribution in [0.3, 0.4) is 0 Å². The number of hydrogen-bond donors (Lipinski definition) is 1. The molecule has 0 saturated heterocycles. The van der Waals surface area contributed by atoms with Gasteiger partial charge in [0.25, 0.3) is 0 Å². The molecular weight excluding hydrogens is 238 g/mol. The Kier molecular flexibility index (Phi) is 2.79. The number of para-hydroxylation sites is 1. The number of benzene rings is 1. The number of anilines is 1. The van der Waals surface area contributed by atoms with Crippen molar-refractivity contribution in [2.45, 2.75) is 26.3 Å². The van der Waals surface area contributed by atoms with E-state index < -0.39 is 0 Å². The van der Waals surface area contributed by atoms with Gasteiger partial charge in [0.2, 0.25) is 0 Å². The van der Waals surface area contributed by atoms with E-state index in [1.807, 2.05) is 32.9 Å². The van der Waals surface area contributed by atoms with Crippen molar-refractivity contribution in [3.05, 3.63) is 23.2 Å². The fraction of sp³-hybridized carbons (Fsp3) is 0.364. The van der Waals surface area contributed by atoms with Gasteiger partial charge >= 0.3 is 0 Å². The number of rotatable bonds is 1. The molecule has 0 unspecified atom stereocenters. The molecule has 2 aromatic rings. The highest BCUT2D eigenvalue weighted by Gasteiger charge is 2.22. The van der Waals surface area contributed by atoms with Crippen molar-refractivity contribution in [2.24, 2.45) is 0 Å². The lowest BCUT2D eigenvalue weighted by Gasteiger charge is -2.20. The van der Waals surface area contributed by atoms with Crippen molar-refractivity contribution in [3.63, 3.8) is 0 Å². The molecule has 0 atom stereocenters. The van der Waals surface area contributed by atoms with E-state index in [0.717, 1.165) is 5.56 Å². The Morgan fingerprint density at radius 3 is 2.65 bits per heavy atom. The fourth-order valence-corrected chi connectivity index (χ4v) is 1.71. The lowest BCUT2D eigenvalue weighted by Crippen LogP contribution is -2.24. The highest BCUT2D eigenvalue weighted by molar-refractivity contribution is 6.33. The molecule has 90 valence electrons. The summed E-state index contributed by atoms with van der Waals surface area (Å²) in [7, 11) is 0. The Labute approximate surface area is 105 Å². The first-order valence-corrected chi connectivity index (χ1v) is 5.62. The molecule has 0 bridgehead atoms. The molecule has 0 fully saturated rings. The maximum Gasteiger partial charge on any atom is 0.184 e. The Morgan fingerprint density at radius 2 is 2.00 bits per heavy atom. The van der Waals surface area contributed by atoms with Gasteiger partial charge in [0.05, 0.1) is 16.2 Å². The predicted molar refractivity (Wildman–Crippen MR) is 67.7 cm³/mol. The van der Waals surface area contributed by atoms with Crippen LogP contribution in [-0.4, -0.2) is 20.2 Å². The van der Waals surface area contributed by atoms with E-state index in [2.05, 4.69) is 15.5 Å². The third-order valence-electron chi connectivity index (χ3n) is 2.40. The van der Waals surface area contributed by atoms with E-state index in [1.165, 1.54) is 0 Å². The zero-order valence-electron chi connectivity index (χ0n) is 9.98. The monoisotopic (exact) mass is 251 g/mol. The summed E-state index contributed by atoms with van der Waals surface area (Å²) in [4.78, 5) is 0. The highest BCUT2D eigenvalue weighted by Crippen LogP contribution is 2.31. The van der Waals surface area contributed by atoms with E-state index in [9.17, 15) is 0 Å². The Hall–Kier alpha value is -1.62. The molecule has 2 rings (SSSR count). The fourth-order valence-electron chi connectivity index (χ4n) is 1.54. The number of nitrogen functional groups attached to an aromatic ring is 1. The molecule has 0 radical (unpaired) electrons. The summed E-state index contributed by atoms with van der Waals surface area (Å²) in [6.45, 7) is 6.06. The highest BCUT2D eigenvalue weighted by atomic mass is 35.5. The van der Waals surface area contributed by atoms with E-state index in [-0.39, 0.29) is 5.54 Å². The van der Waals surface area contributed by atoms with Crippen LogP contribution < -0.4 is 5.73 Å². The van der Waals surface area contributed by atoms with Crippen LogP contribution in [0, 0.1) is 0 Å². The summed E-state index contributed by atoms with van der Waals surface area (Å²) in [6, 6.07) is 5.43. The molecule has 6 heteroatoms. The van der Waals surface area contributed by atoms with Crippen LogP contribution >= 0.6 is 11.6 Å². The molecule has 0 saturated carbocycles. The number of halogens is 1. The first-order chi connectivity index (χ1) is 7.91. The van der Waals surface area contributed by atoms with Crippen molar-refractivity contribution in [3.8, 4) is 11.4 Å². The zero-order chi connectivity index (χ0) is 12.6. The molecule has 1 heterocycles. The summed E-state index contributed by atoms with van der Waals surface area (Å²) in [6.07, 6.45) is 0. The number of tetrazole rings is 1. The van der Waals surface area contributed by atoms with Crippen molar-refractivity contribution in [2.75, 3.05) is 5.73 Å². The van der Waals surface area contributed by atoms with Crippen LogP contribution in [0.5, 0.6) is 0 Å². The topological polar surface area (TPSA) is 69.6 Å². The Morgan fingerprint density at radius 1 is 1.29 bits per heavy atom. The number of hydrogen-bond acceptors (Lipinski definition) is 4. The normalized spacial score (nSPS) is 11.8. The van der Waals surface area contributed by atoms with Crippen LogP contribution in [0.25, 0.3) is 11.4 Å². The van der Waals surface area contributed by atoms with Crippen molar-refractivity contribution in [1.29, 1.82) is 0 Å². The van der Waals surface area contributed by atoms with Gasteiger partial charge in [-0.1, -0.05) is 17.7 Å². The van der Waals surface area contributed by atoms with Crippen LogP contribution in [0.2, 0.25) is 5.02 Å². The molecule has 5 nitrogen and oxygen atoms in total. The summed E-state index contributed by atoms with van der Waals surface area (Å²) >= 11 is 5.99. The Balaban J connectivity index is 2.62. The first kappa shape index (κ1) is 11.9. The molecular formula is C11H14ClN5. The number of aromatic nitrogens is 4. The molecule has 0 amide bonds. The largest absolute Gasteiger partial charge is 0.397 e. The zero-order valence-corrected chi connectivity index (χ0v) is 10.7. The summed E-state index contributed by atoms with van der Waals surface area (Å²) in [5.74, 6) is 0.623. The Bertz CT molecular complexity index is 541. The quantitative estimate of drug-likeness (QED) is 0.790. The van der Waals surface area contributed by atoms with Gasteiger partial charge in [0.15, 0.2) is 5.82 Å². The molecule has 2 N–H and O–H groups in total. The van der Waals surface area contributed by atoms with Crippen molar-refractivity contribution < 1.29 is 0 Å². The second-order valence-corrected chi connectivity index (χ2v) is 5.19. The molecule has 0 spiro atoms. The lowest BCUT2D eigenvalue weighted by molar-refractivity contribution is 0.351. The van der Waals surface area contributed by atoms with Crippen LogP contribution in [0.1, 0.15) is 20.8 Å². The summed E-state index contributed by atoms with van der Waals surface area (Å²) in [5.41, 5.74) is 6.97. The molecule has 0 aliphatic rings. The minimum absolute atomic E-state index is 0.215. The molecule has 1 aromatic carbocycles. The second-order valence-electron chi connectivity index (χ2n) is 4.79. The van der Waals surface area contributed by atoms with Crippen LogP contribution in [0.4, 0.5) is 5.69 Å². The van der Waals surface area contributed by atoms with Gasteiger partial charge in [-0.2, -0.15) is 0 Å². The van der Waals surface area contributed by atoms with Crippen molar-refractivity contribution in [1.82, 2.24) is 20.2 Å². The third-order valence-corrected chi connectivity index (χ3v) is 2.73. The van der Waals surface area contributed by atoms with Gasteiger partial charge in [0, 0.05) is 5.56 Å². The minimum Gasteiger partial charge on any atom is -0.397 e. The van der Waals surface area contributed by atoms with E-state index >= 15 is 0 Å². The predicted octanol–water partition coefficient (Wildman–Crippen LogP) is 2.33. The maximum atomic E-state index is 5.99. The second kappa shape index (κ2) is 4.00. The molecule has 0 aliphatic heterocycles. The number of nitrogens with zero attached hydrogens (tertiary/aromatic N) is 4. The molecule has 17 heavy (non-hydrogen) atoms. The average Bonchev–Trinajstić information content (AvgIpc) is 2.70. The van der Waals surface area contributed by atoms with Gasteiger partial charge < -0.3 is 5.73 Å². The number of nitrogens with two attached hydrogens (primary N) is 1. The first-order valence-electron chi connectivity index (χ1n) is 5.24.